The molecular formula is C20H17BrN2O4S. The molecule has 2 aromatic rings. The molecule has 0 N–H and O–H groups in total. The number of para-hydroxylation sites is 1. The molecule has 2 heterocycles. The lowest BCUT2D eigenvalue weighted by Crippen LogP contribution is -2.36. The second kappa shape index (κ2) is 7.52. The van der Waals surface area contributed by atoms with Crippen LogP contribution in [0, 0.1) is 5.92 Å². The Labute approximate surface area is 176 Å². The lowest BCUT2D eigenvalue weighted by Gasteiger charge is -2.29. The predicted octanol–water partition coefficient (Wildman–Crippen LogP) is 4.21. The van der Waals surface area contributed by atoms with E-state index in [9.17, 15) is 0 Å². The highest BCUT2D eigenvalue weighted by Gasteiger charge is 2.35. The molecule has 0 bridgehead atoms. The number of ether oxygens (including phenoxy) is 4. The Balaban J connectivity index is 1.79. The largest absolute Gasteiger partial charge is 0.493 e. The van der Waals surface area contributed by atoms with Crippen molar-refractivity contribution in [3.8, 4) is 23.0 Å². The summed E-state index contributed by atoms with van der Waals surface area (Å²) in [6.07, 6.45) is 0.648. The van der Waals surface area contributed by atoms with Crippen LogP contribution in [0.25, 0.3) is 0 Å². The summed E-state index contributed by atoms with van der Waals surface area (Å²) < 4.78 is 23.4. The third-order valence-electron chi connectivity index (χ3n) is 4.62. The molecule has 0 spiro atoms. The molecular weight excluding hydrogens is 444 g/mol. The van der Waals surface area contributed by atoms with Crippen LogP contribution < -0.4 is 18.9 Å². The summed E-state index contributed by atoms with van der Waals surface area (Å²) in [6, 6.07) is 9.40. The van der Waals surface area contributed by atoms with Gasteiger partial charge in [0.1, 0.15) is 4.99 Å². The molecule has 144 valence electrons. The van der Waals surface area contributed by atoms with Gasteiger partial charge in [0.2, 0.25) is 5.90 Å². The number of methoxy groups -OCH3 is 3. The molecule has 6 nitrogen and oxygen atoms in total. The number of thiocarbonyl (C=S) groups is 1. The third kappa shape index (κ3) is 3.16. The molecule has 2 aromatic carbocycles. The number of benzene rings is 2. The maximum atomic E-state index is 6.13. The van der Waals surface area contributed by atoms with Gasteiger partial charge in [-0.05, 0) is 30.7 Å². The van der Waals surface area contributed by atoms with E-state index in [1.54, 1.807) is 21.3 Å². The number of aliphatic imine (C=N–C) groups is 2. The molecule has 28 heavy (non-hydrogen) atoms. The van der Waals surface area contributed by atoms with Crippen molar-refractivity contribution in [2.75, 3.05) is 21.3 Å². The minimum absolute atomic E-state index is 0.193. The normalized spacial score (nSPS) is 17.6. The van der Waals surface area contributed by atoms with E-state index in [-0.39, 0.29) is 5.92 Å². The summed E-state index contributed by atoms with van der Waals surface area (Å²) in [5.74, 6) is 3.19. The zero-order chi connectivity index (χ0) is 19.8. The van der Waals surface area contributed by atoms with Gasteiger partial charge in [0, 0.05) is 10.0 Å². The highest BCUT2D eigenvalue weighted by molar-refractivity contribution is 9.10. The van der Waals surface area contributed by atoms with Gasteiger partial charge >= 0.3 is 0 Å². The Morgan fingerprint density at radius 3 is 2.57 bits per heavy atom. The van der Waals surface area contributed by atoms with Crippen LogP contribution in [0.1, 0.15) is 11.1 Å². The average Bonchev–Trinajstić information content (AvgIpc) is 2.71. The van der Waals surface area contributed by atoms with Crippen LogP contribution in [0.3, 0.4) is 0 Å². The van der Waals surface area contributed by atoms with E-state index in [4.69, 9.17) is 31.2 Å². The second-order valence-corrected chi connectivity index (χ2v) is 7.55. The van der Waals surface area contributed by atoms with Gasteiger partial charge in [-0.2, -0.15) is 4.99 Å². The van der Waals surface area contributed by atoms with Crippen LogP contribution in [0.4, 0.5) is 0 Å². The molecule has 8 heteroatoms. The fraction of sp³-hybridized carbons (Fsp3) is 0.250. The van der Waals surface area contributed by atoms with Gasteiger partial charge in [0.05, 0.1) is 32.8 Å². The highest BCUT2D eigenvalue weighted by atomic mass is 79.9. The van der Waals surface area contributed by atoms with Crippen LogP contribution in [0.5, 0.6) is 23.0 Å². The van der Waals surface area contributed by atoms with Crippen LogP contribution in [-0.2, 0) is 6.42 Å². The molecule has 0 saturated heterocycles. The zero-order valence-electron chi connectivity index (χ0n) is 15.5. The summed E-state index contributed by atoms with van der Waals surface area (Å²) in [7, 11) is 4.77. The van der Waals surface area contributed by atoms with Crippen molar-refractivity contribution in [3.05, 3.63) is 45.9 Å². The number of halogens is 1. The molecule has 1 atom stereocenters. The Morgan fingerprint density at radius 2 is 1.86 bits per heavy atom. The number of hydrogen-bond donors (Lipinski definition) is 0. The summed E-state index contributed by atoms with van der Waals surface area (Å²) >= 11 is 9.08. The molecule has 1 unspecified atom stereocenters. The van der Waals surface area contributed by atoms with Gasteiger partial charge in [-0.15, -0.1) is 0 Å². The topological polar surface area (TPSA) is 61.6 Å². The summed E-state index contributed by atoms with van der Waals surface area (Å²) in [4.78, 5) is 9.74. The molecule has 0 saturated carbocycles. The highest BCUT2D eigenvalue weighted by Crippen LogP contribution is 2.41. The Bertz CT molecular complexity index is 1040. The van der Waals surface area contributed by atoms with Crippen LogP contribution in [0.2, 0.25) is 0 Å². The van der Waals surface area contributed by atoms with E-state index in [1.165, 1.54) is 0 Å². The zero-order valence-corrected chi connectivity index (χ0v) is 17.9. The fourth-order valence-corrected chi connectivity index (χ4v) is 4.07. The fourth-order valence-electron chi connectivity index (χ4n) is 3.31. The van der Waals surface area contributed by atoms with Crippen LogP contribution in [0.15, 0.2) is 44.8 Å². The van der Waals surface area contributed by atoms with Crippen molar-refractivity contribution in [1.82, 2.24) is 0 Å². The van der Waals surface area contributed by atoms with Crippen LogP contribution in [-0.4, -0.2) is 38.1 Å². The number of hydrogen-bond acceptors (Lipinski definition) is 6. The SMILES string of the molecule is COc1cc(Br)cc2c1OC1=NC(c3cccc(OC)c3OC)=NC(=S)C1C2. The van der Waals surface area contributed by atoms with E-state index in [1.807, 2.05) is 30.3 Å². The van der Waals surface area contributed by atoms with Crippen molar-refractivity contribution < 1.29 is 18.9 Å². The van der Waals surface area contributed by atoms with Crippen molar-refractivity contribution in [2.24, 2.45) is 15.9 Å². The Morgan fingerprint density at radius 1 is 1.07 bits per heavy atom. The van der Waals surface area contributed by atoms with E-state index in [0.717, 1.165) is 10.0 Å². The van der Waals surface area contributed by atoms with Gasteiger partial charge < -0.3 is 18.9 Å². The van der Waals surface area contributed by atoms with Gasteiger partial charge in [-0.1, -0.05) is 34.2 Å². The first kappa shape index (κ1) is 18.9. The number of fused-ring (bicyclic) bond motifs is 2. The van der Waals surface area contributed by atoms with Gasteiger partial charge in [0.15, 0.2) is 28.8 Å². The second-order valence-electron chi connectivity index (χ2n) is 6.22. The Kier molecular flexibility index (Phi) is 5.07. The maximum absolute atomic E-state index is 6.13. The molecule has 0 amide bonds. The minimum atomic E-state index is -0.193. The Hall–Kier alpha value is -2.45. The summed E-state index contributed by atoms with van der Waals surface area (Å²) in [5.41, 5.74) is 1.68. The number of nitrogens with zero attached hydrogens (tertiary/aromatic N) is 2. The smallest absolute Gasteiger partial charge is 0.207 e. The first-order chi connectivity index (χ1) is 13.5. The summed E-state index contributed by atoms with van der Waals surface area (Å²) in [6.45, 7) is 0. The molecule has 0 radical (unpaired) electrons. The quantitative estimate of drug-likeness (QED) is 0.639. The maximum Gasteiger partial charge on any atom is 0.207 e. The van der Waals surface area contributed by atoms with Gasteiger partial charge in [-0.25, -0.2) is 4.99 Å². The first-order valence-electron chi connectivity index (χ1n) is 8.52. The molecule has 0 aromatic heterocycles. The van der Waals surface area contributed by atoms with Crippen molar-refractivity contribution in [2.45, 2.75) is 6.42 Å². The van der Waals surface area contributed by atoms with Gasteiger partial charge in [0.25, 0.3) is 0 Å². The molecule has 2 aliphatic rings. The predicted molar refractivity (Wildman–Crippen MR) is 115 cm³/mol. The molecule has 0 fully saturated rings. The molecule has 0 aliphatic carbocycles. The monoisotopic (exact) mass is 460 g/mol. The first-order valence-corrected chi connectivity index (χ1v) is 9.72. The van der Waals surface area contributed by atoms with E-state index in [0.29, 0.717) is 51.7 Å². The standard InChI is InChI=1S/C20H17BrN2O4S/c1-24-14-6-4-5-12(17(14)26-3)18-22-19-13(20(28)23-18)8-10-7-11(21)9-15(25-2)16(10)27-19/h4-7,9,13H,8H2,1-3H3. The molecule has 2 aliphatic heterocycles. The van der Waals surface area contributed by atoms with Crippen LogP contribution >= 0.6 is 28.1 Å². The van der Waals surface area contributed by atoms with Crippen molar-refractivity contribution in [1.29, 1.82) is 0 Å². The van der Waals surface area contributed by atoms with Crippen molar-refractivity contribution in [3.63, 3.8) is 0 Å². The minimum Gasteiger partial charge on any atom is -0.493 e. The lowest BCUT2D eigenvalue weighted by atomic mass is 9.94. The van der Waals surface area contributed by atoms with Gasteiger partial charge in [-0.3, -0.25) is 0 Å². The third-order valence-corrected chi connectivity index (χ3v) is 5.45. The number of amidine groups is 1. The van der Waals surface area contributed by atoms with E-state index in [2.05, 4.69) is 25.9 Å². The van der Waals surface area contributed by atoms with Crippen molar-refractivity contribution >= 4 is 44.9 Å². The molecule has 4 rings (SSSR count). The van der Waals surface area contributed by atoms with E-state index < -0.39 is 0 Å². The van der Waals surface area contributed by atoms with E-state index >= 15 is 0 Å². The summed E-state index contributed by atoms with van der Waals surface area (Å²) in [5, 5.41) is 0. The average molecular weight is 461 g/mol. The number of rotatable bonds is 4. The lowest BCUT2D eigenvalue weighted by molar-refractivity contribution is 0.354.